The fourth-order valence-electron chi connectivity index (χ4n) is 1.75. The van der Waals surface area contributed by atoms with Gasteiger partial charge in [0.1, 0.15) is 0 Å². The summed E-state index contributed by atoms with van der Waals surface area (Å²) in [5.74, 6) is -0.557. The molecule has 0 aliphatic carbocycles. The molecule has 0 spiro atoms. The summed E-state index contributed by atoms with van der Waals surface area (Å²) in [7, 11) is 0. The Kier molecular flexibility index (Phi) is 5.73. The van der Waals surface area contributed by atoms with Crippen LogP contribution in [-0.2, 0) is 4.79 Å². The average molecular weight is 350 g/mol. The molecule has 2 aromatic carbocycles. The van der Waals surface area contributed by atoms with Crippen LogP contribution in [-0.4, -0.2) is 18.0 Å². The smallest absolute Gasteiger partial charge is 0.271 e. The van der Waals surface area contributed by atoms with Gasteiger partial charge in [-0.2, -0.15) is 5.10 Å². The van der Waals surface area contributed by atoms with Crippen LogP contribution >= 0.6 is 23.2 Å². The number of hydrazone groups is 1. The molecule has 0 aromatic heterocycles. The number of anilines is 1. The summed E-state index contributed by atoms with van der Waals surface area (Å²) < 4.78 is 0. The molecule has 0 radical (unpaired) electrons. The van der Waals surface area contributed by atoms with Crippen molar-refractivity contribution < 1.29 is 9.59 Å². The number of hydrogen-bond donors (Lipinski definition) is 2. The van der Waals surface area contributed by atoms with Crippen molar-refractivity contribution >= 4 is 46.9 Å². The molecule has 23 heavy (non-hydrogen) atoms. The van der Waals surface area contributed by atoms with Gasteiger partial charge in [-0.1, -0.05) is 35.3 Å². The second-order valence-corrected chi connectivity index (χ2v) is 5.39. The maximum Gasteiger partial charge on any atom is 0.271 e. The molecule has 0 fully saturated rings. The van der Waals surface area contributed by atoms with Gasteiger partial charge < -0.3 is 5.32 Å². The molecular formula is C16H13Cl2N3O2. The number of rotatable bonds is 4. The van der Waals surface area contributed by atoms with Gasteiger partial charge >= 0.3 is 0 Å². The highest BCUT2D eigenvalue weighted by atomic mass is 35.5. The Morgan fingerprint density at radius 3 is 2.43 bits per heavy atom. The SMILES string of the molecule is CC(=O)Nc1ccc(C(=O)NN=Cc2cccc(Cl)c2Cl)cc1. The number of hydrogen-bond acceptors (Lipinski definition) is 3. The number of nitrogens with zero attached hydrogens (tertiary/aromatic N) is 1. The Balaban J connectivity index is 2.00. The molecule has 2 amide bonds. The monoisotopic (exact) mass is 349 g/mol. The first-order valence-electron chi connectivity index (χ1n) is 6.62. The van der Waals surface area contributed by atoms with E-state index in [2.05, 4.69) is 15.8 Å². The van der Waals surface area contributed by atoms with Crippen molar-refractivity contribution in [3.63, 3.8) is 0 Å². The lowest BCUT2D eigenvalue weighted by molar-refractivity contribution is -0.114. The summed E-state index contributed by atoms with van der Waals surface area (Å²) in [6, 6.07) is 11.6. The lowest BCUT2D eigenvalue weighted by Crippen LogP contribution is -2.17. The zero-order valence-corrected chi connectivity index (χ0v) is 13.7. The molecule has 2 rings (SSSR count). The number of carbonyl (C=O) groups excluding carboxylic acids is 2. The van der Waals surface area contributed by atoms with Crippen LogP contribution in [0.2, 0.25) is 10.0 Å². The van der Waals surface area contributed by atoms with Crippen molar-refractivity contribution in [1.29, 1.82) is 0 Å². The third kappa shape index (κ3) is 4.81. The number of halogens is 2. The maximum absolute atomic E-state index is 11.9. The van der Waals surface area contributed by atoms with Gasteiger partial charge in [0.05, 0.1) is 16.3 Å². The summed E-state index contributed by atoms with van der Waals surface area (Å²) in [4.78, 5) is 22.9. The maximum atomic E-state index is 11.9. The van der Waals surface area contributed by atoms with Crippen LogP contribution in [0.1, 0.15) is 22.8 Å². The zero-order valence-electron chi connectivity index (χ0n) is 12.1. The van der Waals surface area contributed by atoms with E-state index in [1.807, 2.05) is 0 Å². The van der Waals surface area contributed by atoms with Crippen molar-refractivity contribution in [1.82, 2.24) is 5.43 Å². The van der Waals surface area contributed by atoms with Gasteiger partial charge in [-0.25, -0.2) is 5.43 Å². The first kappa shape index (κ1) is 17.0. The molecule has 2 N–H and O–H groups in total. The average Bonchev–Trinajstić information content (AvgIpc) is 2.51. The Morgan fingerprint density at radius 2 is 1.78 bits per heavy atom. The molecule has 118 valence electrons. The van der Waals surface area contributed by atoms with Crippen molar-refractivity contribution in [2.45, 2.75) is 6.92 Å². The van der Waals surface area contributed by atoms with Crippen LogP contribution in [0.25, 0.3) is 0 Å². The summed E-state index contributed by atoms with van der Waals surface area (Å²) in [5, 5.41) is 7.25. The van der Waals surface area contributed by atoms with E-state index in [0.29, 0.717) is 26.9 Å². The van der Waals surface area contributed by atoms with E-state index in [9.17, 15) is 9.59 Å². The third-order valence-corrected chi connectivity index (χ3v) is 3.65. The van der Waals surface area contributed by atoms with Crippen molar-refractivity contribution in [3.8, 4) is 0 Å². The molecule has 5 nitrogen and oxygen atoms in total. The molecule has 0 unspecified atom stereocenters. The zero-order chi connectivity index (χ0) is 16.8. The highest BCUT2D eigenvalue weighted by molar-refractivity contribution is 6.43. The van der Waals surface area contributed by atoms with Crippen LogP contribution in [0.4, 0.5) is 5.69 Å². The molecule has 0 aliphatic rings. The van der Waals surface area contributed by atoms with Gasteiger partial charge in [0.2, 0.25) is 5.91 Å². The predicted octanol–water partition coefficient (Wildman–Crippen LogP) is 3.72. The first-order valence-corrected chi connectivity index (χ1v) is 7.38. The second-order valence-electron chi connectivity index (χ2n) is 4.60. The minimum Gasteiger partial charge on any atom is -0.326 e. The van der Waals surface area contributed by atoms with E-state index in [0.717, 1.165) is 0 Å². The van der Waals surface area contributed by atoms with Gasteiger partial charge in [0.25, 0.3) is 5.91 Å². The molecule has 0 saturated carbocycles. The minimum atomic E-state index is -0.381. The molecule has 0 heterocycles. The number of benzene rings is 2. The Labute approximate surface area is 143 Å². The lowest BCUT2D eigenvalue weighted by Gasteiger charge is -2.04. The summed E-state index contributed by atoms with van der Waals surface area (Å²) in [6.45, 7) is 1.41. The Morgan fingerprint density at radius 1 is 1.09 bits per heavy atom. The van der Waals surface area contributed by atoms with Crippen molar-refractivity contribution in [2.75, 3.05) is 5.32 Å². The third-order valence-electron chi connectivity index (χ3n) is 2.82. The fourth-order valence-corrected chi connectivity index (χ4v) is 2.11. The van der Waals surface area contributed by atoms with E-state index < -0.39 is 0 Å². The molecule has 0 aliphatic heterocycles. The van der Waals surface area contributed by atoms with Crippen molar-refractivity contribution in [3.05, 3.63) is 63.6 Å². The van der Waals surface area contributed by atoms with E-state index in [1.54, 1.807) is 42.5 Å². The van der Waals surface area contributed by atoms with Crippen LogP contribution in [0.3, 0.4) is 0 Å². The topological polar surface area (TPSA) is 70.6 Å². The van der Waals surface area contributed by atoms with Gasteiger partial charge in [0, 0.05) is 23.7 Å². The second kappa shape index (κ2) is 7.76. The summed E-state index contributed by atoms with van der Waals surface area (Å²) >= 11 is 11.9. The van der Waals surface area contributed by atoms with Gasteiger partial charge in [-0.3, -0.25) is 9.59 Å². The highest BCUT2D eigenvalue weighted by Gasteiger charge is 2.05. The van der Waals surface area contributed by atoms with Gasteiger partial charge in [-0.15, -0.1) is 0 Å². The first-order chi connectivity index (χ1) is 11.0. The molecular weight excluding hydrogens is 337 g/mol. The highest BCUT2D eigenvalue weighted by Crippen LogP contribution is 2.24. The van der Waals surface area contributed by atoms with Crippen LogP contribution in [0.15, 0.2) is 47.6 Å². The molecule has 7 heteroatoms. The standard InChI is InChI=1S/C16H13Cl2N3O2/c1-10(22)20-13-7-5-11(6-8-13)16(23)21-19-9-12-3-2-4-14(17)15(12)18/h2-9H,1H3,(H,20,22)(H,21,23). The van der Waals surface area contributed by atoms with E-state index in [4.69, 9.17) is 23.2 Å². The van der Waals surface area contributed by atoms with Crippen molar-refractivity contribution in [2.24, 2.45) is 5.10 Å². The largest absolute Gasteiger partial charge is 0.326 e. The lowest BCUT2D eigenvalue weighted by atomic mass is 10.2. The molecule has 2 aromatic rings. The molecule has 0 atom stereocenters. The van der Waals surface area contributed by atoms with Crippen LogP contribution < -0.4 is 10.7 Å². The van der Waals surface area contributed by atoms with Gasteiger partial charge in [-0.05, 0) is 30.3 Å². The normalized spacial score (nSPS) is 10.6. The Hall–Kier alpha value is -2.37. The number of nitrogens with one attached hydrogen (secondary N) is 2. The Bertz CT molecular complexity index is 758. The molecule has 0 bridgehead atoms. The fraction of sp³-hybridized carbons (Fsp3) is 0.0625. The van der Waals surface area contributed by atoms with Crippen LogP contribution in [0, 0.1) is 0 Å². The number of amides is 2. The van der Waals surface area contributed by atoms with E-state index >= 15 is 0 Å². The number of carbonyl (C=O) groups is 2. The van der Waals surface area contributed by atoms with E-state index in [1.165, 1.54) is 13.1 Å². The summed E-state index contributed by atoms with van der Waals surface area (Å²) in [6.07, 6.45) is 1.41. The van der Waals surface area contributed by atoms with Crippen LogP contribution in [0.5, 0.6) is 0 Å². The van der Waals surface area contributed by atoms with Gasteiger partial charge in [0.15, 0.2) is 0 Å². The predicted molar refractivity (Wildman–Crippen MR) is 92.3 cm³/mol. The minimum absolute atomic E-state index is 0.176. The summed E-state index contributed by atoms with van der Waals surface area (Å²) in [5.41, 5.74) is 4.02. The molecule has 0 saturated heterocycles. The van der Waals surface area contributed by atoms with E-state index in [-0.39, 0.29) is 11.8 Å². The quantitative estimate of drug-likeness (QED) is 0.652.